The molecule has 0 atom stereocenters. The van der Waals surface area contributed by atoms with Gasteiger partial charge in [-0.15, -0.1) is 0 Å². The Kier molecular flexibility index (Phi) is 3.79. The van der Waals surface area contributed by atoms with Crippen LogP contribution >= 0.6 is 22.6 Å². The average Bonchev–Trinajstić information content (AvgIpc) is 2.82. The molecule has 2 heterocycles. The summed E-state index contributed by atoms with van der Waals surface area (Å²) in [7, 11) is 0. The van der Waals surface area contributed by atoms with E-state index in [0.717, 1.165) is 15.2 Å². The standard InChI is InChI=1S/C11H8IN3O4/c1-6-4-7(12)5-13-10(6)14-11(16)8-2-3-9(19-8)15(17)18/h2-5H,1H3,(H,13,14,16). The summed E-state index contributed by atoms with van der Waals surface area (Å²) >= 11 is 2.11. The molecule has 8 heteroatoms. The molecule has 0 fully saturated rings. The number of furan rings is 1. The number of halogens is 1. The van der Waals surface area contributed by atoms with Crippen LogP contribution in [0, 0.1) is 20.6 Å². The van der Waals surface area contributed by atoms with E-state index < -0.39 is 16.7 Å². The first-order chi connectivity index (χ1) is 8.97. The van der Waals surface area contributed by atoms with Crippen LogP contribution in [0.1, 0.15) is 16.1 Å². The van der Waals surface area contributed by atoms with Gasteiger partial charge in [0.25, 0.3) is 5.91 Å². The highest BCUT2D eigenvalue weighted by atomic mass is 127. The summed E-state index contributed by atoms with van der Waals surface area (Å²) in [5.41, 5.74) is 0.793. The fourth-order valence-electron chi connectivity index (χ4n) is 1.39. The molecule has 0 saturated carbocycles. The predicted molar refractivity (Wildman–Crippen MR) is 75.0 cm³/mol. The van der Waals surface area contributed by atoms with Crippen LogP contribution < -0.4 is 5.32 Å². The van der Waals surface area contributed by atoms with Gasteiger partial charge in [-0.3, -0.25) is 14.9 Å². The molecule has 0 aliphatic rings. The molecule has 1 N–H and O–H groups in total. The SMILES string of the molecule is Cc1cc(I)cnc1NC(=O)c1ccc([N+](=O)[O-])o1. The molecule has 1 amide bonds. The lowest BCUT2D eigenvalue weighted by Gasteiger charge is -2.05. The Hall–Kier alpha value is -1.97. The molecule has 2 aromatic rings. The third kappa shape index (κ3) is 3.08. The van der Waals surface area contributed by atoms with E-state index in [1.165, 1.54) is 6.07 Å². The summed E-state index contributed by atoms with van der Waals surface area (Å²) in [6.45, 7) is 1.80. The van der Waals surface area contributed by atoms with Crippen LogP contribution in [0.25, 0.3) is 0 Å². The minimum atomic E-state index is -0.703. The second-order valence-corrected chi connectivity index (χ2v) is 4.91. The molecular weight excluding hydrogens is 365 g/mol. The van der Waals surface area contributed by atoms with E-state index in [0.29, 0.717) is 5.82 Å². The monoisotopic (exact) mass is 373 g/mol. The van der Waals surface area contributed by atoms with Crippen molar-refractivity contribution in [1.82, 2.24) is 4.98 Å². The first-order valence-electron chi connectivity index (χ1n) is 5.15. The summed E-state index contributed by atoms with van der Waals surface area (Å²) in [4.78, 5) is 25.6. The number of aryl methyl sites for hydroxylation is 1. The van der Waals surface area contributed by atoms with E-state index in [1.807, 2.05) is 6.07 Å². The summed E-state index contributed by atoms with van der Waals surface area (Å²) in [6, 6.07) is 4.23. The highest BCUT2D eigenvalue weighted by Crippen LogP contribution is 2.18. The summed E-state index contributed by atoms with van der Waals surface area (Å²) in [6.07, 6.45) is 1.60. The maximum Gasteiger partial charge on any atom is 0.433 e. The number of nitro groups is 1. The predicted octanol–water partition coefficient (Wildman–Crippen LogP) is 2.75. The van der Waals surface area contributed by atoms with Gasteiger partial charge in [0, 0.05) is 9.77 Å². The van der Waals surface area contributed by atoms with Crippen molar-refractivity contribution >= 4 is 40.2 Å². The third-order valence-corrected chi connectivity index (χ3v) is 2.86. The minimum absolute atomic E-state index is 0.133. The molecule has 2 rings (SSSR count). The smallest absolute Gasteiger partial charge is 0.395 e. The number of aromatic nitrogens is 1. The zero-order valence-electron chi connectivity index (χ0n) is 9.71. The topological polar surface area (TPSA) is 98.3 Å². The Bertz CT molecular complexity index is 653. The van der Waals surface area contributed by atoms with Gasteiger partial charge in [-0.25, -0.2) is 4.98 Å². The Labute approximate surface area is 121 Å². The van der Waals surface area contributed by atoms with Crippen LogP contribution in [-0.2, 0) is 0 Å². The van der Waals surface area contributed by atoms with Gasteiger partial charge < -0.3 is 9.73 Å². The van der Waals surface area contributed by atoms with Crippen LogP contribution in [0.5, 0.6) is 0 Å². The lowest BCUT2D eigenvalue weighted by atomic mass is 10.3. The first kappa shape index (κ1) is 13.5. The maximum atomic E-state index is 11.8. The van der Waals surface area contributed by atoms with E-state index in [-0.39, 0.29) is 5.76 Å². The molecule has 0 unspecified atom stereocenters. The van der Waals surface area contributed by atoms with E-state index in [1.54, 1.807) is 13.1 Å². The molecule has 0 aromatic carbocycles. The quantitative estimate of drug-likeness (QED) is 0.507. The number of carbonyl (C=O) groups is 1. The van der Waals surface area contributed by atoms with Crippen molar-refractivity contribution in [2.24, 2.45) is 0 Å². The lowest BCUT2D eigenvalue weighted by molar-refractivity contribution is -0.402. The molecule has 0 spiro atoms. The molecule has 19 heavy (non-hydrogen) atoms. The average molecular weight is 373 g/mol. The minimum Gasteiger partial charge on any atom is -0.395 e. The van der Waals surface area contributed by atoms with Gasteiger partial charge in [0.1, 0.15) is 10.7 Å². The summed E-state index contributed by atoms with van der Waals surface area (Å²) < 4.78 is 5.75. The molecule has 0 saturated heterocycles. The largest absolute Gasteiger partial charge is 0.433 e. The highest BCUT2D eigenvalue weighted by Gasteiger charge is 2.18. The Balaban J connectivity index is 2.18. The van der Waals surface area contributed by atoms with Gasteiger partial charge in [-0.2, -0.15) is 0 Å². The van der Waals surface area contributed by atoms with Crippen LogP contribution in [0.2, 0.25) is 0 Å². The second kappa shape index (κ2) is 5.34. The molecule has 0 aliphatic carbocycles. The number of rotatable bonds is 3. The summed E-state index contributed by atoms with van der Waals surface area (Å²) in [5.74, 6) is -0.793. The van der Waals surface area contributed by atoms with Crippen molar-refractivity contribution in [2.45, 2.75) is 6.92 Å². The normalized spacial score (nSPS) is 10.2. The van der Waals surface area contributed by atoms with Gasteiger partial charge in [-0.1, -0.05) is 0 Å². The van der Waals surface area contributed by atoms with Crippen molar-refractivity contribution in [3.63, 3.8) is 0 Å². The number of nitrogens with zero attached hydrogens (tertiary/aromatic N) is 2. The zero-order chi connectivity index (χ0) is 14.0. The highest BCUT2D eigenvalue weighted by molar-refractivity contribution is 14.1. The van der Waals surface area contributed by atoms with Gasteiger partial charge >= 0.3 is 5.88 Å². The van der Waals surface area contributed by atoms with Crippen molar-refractivity contribution in [3.05, 3.63) is 49.4 Å². The van der Waals surface area contributed by atoms with Gasteiger partial charge in [0.15, 0.2) is 5.76 Å². The molecule has 98 valence electrons. The van der Waals surface area contributed by atoms with Crippen LogP contribution in [0.15, 0.2) is 28.8 Å². The number of hydrogen-bond acceptors (Lipinski definition) is 5. The van der Waals surface area contributed by atoms with Gasteiger partial charge in [-0.05, 0) is 47.2 Å². The van der Waals surface area contributed by atoms with Crippen molar-refractivity contribution < 1.29 is 14.1 Å². The molecule has 0 bridgehead atoms. The second-order valence-electron chi connectivity index (χ2n) is 3.67. The first-order valence-corrected chi connectivity index (χ1v) is 6.23. The van der Waals surface area contributed by atoms with E-state index in [4.69, 9.17) is 4.42 Å². The summed E-state index contributed by atoms with van der Waals surface area (Å²) in [5, 5.41) is 13.0. The Morgan fingerprint density at radius 1 is 1.53 bits per heavy atom. The van der Waals surface area contributed by atoms with E-state index in [2.05, 4.69) is 32.9 Å². The van der Waals surface area contributed by atoms with E-state index in [9.17, 15) is 14.9 Å². The Morgan fingerprint density at radius 2 is 2.26 bits per heavy atom. The molecule has 2 aromatic heterocycles. The van der Waals surface area contributed by atoms with Crippen LogP contribution in [-0.4, -0.2) is 15.8 Å². The Morgan fingerprint density at radius 3 is 2.84 bits per heavy atom. The number of anilines is 1. The molecule has 0 radical (unpaired) electrons. The van der Waals surface area contributed by atoms with E-state index >= 15 is 0 Å². The molecular formula is C11H8IN3O4. The van der Waals surface area contributed by atoms with Crippen molar-refractivity contribution in [2.75, 3.05) is 5.32 Å². The number of amides is 1. The zero-order valence-corrected chi connectivity index (χ0v) is 11.9. The number of hydrogen-bond donors (Lipinski definition) is 1. The van der Waals surface area contributed by atoms with Crippen molar-refractivity contribution in [1.29, 1.82) is 0 Å². The van der Waals surface area contributed by atoms with Crippen molar-refractivity contribution in [3.8, 4) is 0 Å². The lowest BCUT2D eigenvalue weighted by Crippen LogP contribution is -2.13. The number of pyridine rings is 1. The molecule has 0 aliphatic heterocycles. The number of carbonyl (C=O) groups excluding carboxylic acids is 1. The van der Waals surface area contributed by atoms with Gasteiger partial charge in [0.05, 0.1) is 6.07 Å². The van der Waals surface area contributed by atoms with Crippen LogP contribution in [0.3, 0.4) is 0 Å². The van der Waals surface area contributed by atoms with Gasteiger partial charge in [0.2, 0.25) is 0 Å². The third-order valence-electron chi connectivity index (χ3n) is 2.27. The fraction of sp³-hybridized carbons (Fsp3) is 0.0909. The fourth-order valence-corrected chi connectivity index (χ4v) is 1.99. The molecule has 7 nitrogen and oxygen atoms in total. The maximum absolute atomic E-state index is 11.8. The number of nitrogens with one attached hydrogen (secondary N) is 1. The van der Waals surface area contributed by atoms with Crippen LogP contribution in [0.4, 0.5) is 11.7 Å².